The lowest BCUT2D eigenvalue weighted by atomic mass is 10.0. The Bertz CT molecular complexity index is 570. The highest BCUT2D eigenvalue weighted by Crippen LogP contribution is 2.43. The van der Waals surface area contributed by atoms with Gasteiger partial charge in [-0.3, -0.25) is 4.79 Å². The van der Waals surface area contributed by atoms with Crippen molar-refractivity contribution < 1.29 is 0 Å². The molecule has 16 heavy (non-hydrogen) atoms. The molecule has 0 saturated heterocycles. The monoisotopic (exact) mass is 212 g/mol. The Morgan fingerprint density at radius 3 is 2.81 bits per heavy atom. The number of nitrogens with one attached hydrogen (secondary N) is 1. The van der Waals surface area contributed by atoms with E-state index in [1.165, 1.54) is 18.4 Å². The van der Waals surface area contributed by atoms with Crippen LogP contribution in [0.1, 0.15) is 24.3 Å². The Hall–Kier alpha value is -1.90. The molecule has 1 aromatic carbocycles. The van der Waals surface area contributed by atoms with Crippen molar-refractivity contribution >= 4 is 0 Å². The second-order valence-corrected chi connectivity index (χ2v) is 4.13. The van der Waals surface area contributed by atoms with Gasteiger partial charge >= 0.3 is 0 Å². The molecule has 3 rings (SSSR count). The van der Waals surface area contributed by atoms with Crippen molar-refractivity contribution in [2.75, 3.05) is 0 Å². The largest absolute Gasteiger partial charge is 0.326 e. The van der Waals surface area contributed by atoms with Crippen LogP contribution >= 0.6 is 0 Å². The lowest BCUT2D eigenvalue weighted by molar-refractivity contribution is 1.10. The molecule has 0 atom stereocenters. The smallest absolute Gasteiger partial charge is 0.274 e. The quantitative estimate of drug-likeness (QED) is 0.830. The van der Waals surface area contributed by atoms with Gasteiger partial charge in [-0.05, 0) is 24.3 Å². The first-order valence-corrected chi connectivity index (χ1v) is 5.49. The Morgan fingerprint density at radius 2 is 2.06 bits per heavy atom. The molecule has 0 radical (unpaired) electrons. The number of benzene rings is 1. The number of H-pyrrole nitrogens is 1. The molecule has 80 valence electrons. The van der Waals surface area contributed by atoms with Crippen LogP contribution in [0.15, 0.2) is 41.5 Å². The summed E-state index contributed by atoms with van der Waals surface area (Å²) < 4.78 is 0. The van der Waals surface area contributed by atoms with Gasteiger partial charge in [-0.2, -0.15) is 0 Å². The highest BCUT2D eigenvalue weighted by molar-refractivity contribution is 5.64. The normalized spacial score (nSPS) is 15.0. The summed E-state index contributed by atoms with van der Waals surface area (Å²) in [6, 6.07) is 8.05. The minimum absolute atomic E-state index is 0.115. The summed E-state index contributed by atoms with van der Waals surface area (Å²) in [5.41, 5.74) is 2.65. The molecule has 1 aromatic heterocycles. The van der Waals surface area contributed by atoms with Gasteiger partial charge in [-0.15, -0.1) is 0 Å². The van der Waals surface area contributed by atoms with Gasteiger partial charge in [0.15, 0.2) is 0 Å². The predicted molar refractivity (Wildman–Crippen MR) is 62.3 cm³/mol. The number of nitrogens with zero attached hydrogens (tertiary/aromatic N) is 1. The minimum Gasteiger partial charge on any atom is -0.326 e. The maximum atomic E-state index is 11.7. The van der Waals surface area contributed by atoms with E-state index in [1.54, 1.807) is 12.4 Å². The van der Waals surface area contributed by atoms with Crippen molar-refractivity contribution in [3.05, 3.63) is 52.6 Å². The molecular weight excluding hydrogens is 200 g/mol. The van der Waals surface area contributed by atoms with Crippen LogP contribution < -0.4 is 5.56 Å². The van der Waals surface area contributed by atoms with Gasteiger partial charge in [0, 0.05) is 18.0 Å². The predicted octanol–water partition coefficient (Wildman–Crippen LogP) is 2.31. The van der Waals surface area contributed by atoms with E-state index in [0.717, 1.165) is 5.56 Å². The molecule has 3 heteroatoms. The van der Waals surface area contributed by atoms with Gasteiger partial charge in [0.2, 0.25) is 0 Å². The van der Waals surface area contributed by atoms with E-state index in [0.29, 0.717) is 11.6 Å². The van der Waals surface area contributed by atoms with Crippen LogP contribution in [0.3, 0.4) is 0 Å². The van der Waals surface area contributed by atoms with Gasteiger partial charge in [-0.25, -0.2) is 4.98 Å². The topological polar surface area (TPSA) is 45.8 Å². The highest BCUT2D eigenvalue weighted by Gasteiger charge is 2.26. The molecule has 0 bridgehead atoms. The summed E-state index contributed by atoms with van der Waals surface area (Å²) in [5, 5.41) is 0. The zero-order chi connectivity index (χ0) is 11.0. The van der Waals surface area contributed by atoms with Crippen molar-refractivity contribution in [2.45, 2.75) is 18.8 Å². The zero-order valence-electron chi connectivity index (χ0n) is 8.81. The summed E-state index contributed by atoms with van der Waals surface area (Å²) in [7, 11) is 0. The molecule has 1 saturated carbocycles. The summed E-state index contributed by atoms with van der Waals surface area (Å²) >= 11 is 0. The van der Waals surface area contributed by atoms with Crippen molar-refractivity contribution in [3.63, 3.8) is 0 Å². The summed E-state index contributed by atoms with van der Waals surface area (Å²) in [6.07, 6.45) is 5.63. The SMILES string of the molecule is O=c1[nH]ccnc1-c1ccccc1C1CC1. The second kappa shape index (κ2) is 3.59. The third-order valence-corrected chi connectivity index (χ3v) is 2.94. The molecule has 1 N–H and O–H groups in total. The lowest BCUT2D eigenvalue weighted by Crippen LogP contribution is -2.10. The Balaban J connectivity index is 2.19. The van der Waals surface area contributed by atoms with Gasteiger partial charge in [0.25, 0.3) is 5.56 Å². The van der Waals surface area contributed by atoms with Gasteiger partial charge in [0.05, 0.1) is 0 Å². The third-order valence-electron chi connectivity index (χ3n) is 2.94. The van der Waals surface area contributed by atoms with E-state index < -0.39 is 0 Å². The molecule has 1 heterocycles. The van der Waals surface area contributed by atoms with Crippen molar-refractivity contribution in [2.24, 2.45) is 0 Å². The van der Waals surface area contributed by atoms with Crippen LogP contribution in [-0.2, 0) is 0 Å². The number of aromatic amines is 1. The van der Waals surface area contributed by atoms with Crippen molar-refractivity contribution in [1.82, 2.24) is 9.97 Å². The Labute approximate surface area is 93.2 Å². The minimum atomic E-state index is -0.115. The van der Waals surface area contributed by atoms with Crippen molar-refractivity contribution in [1.29, 1.82) is 0 Å². The average Bonchev–Trinajstić information content (AvgIpc) is 3.14. The summed E-state index contributed by atoms with van der Waals surface area (Å²) in [5.74, 6) is 0.623. The summed E-state index contributed by atoms with van der Waals surface area (Å²) in [6.45, 7) is 0. The maximum Gasteiger partial charge on any atom is 0.274 e. The van der Waals surface area contributed by atoms with Crippen LogP contribution in [0.2, 0.25) is 0 Å². The fraction of sp³-hybridized carbons (Fsp3) is 0.231. The first kappa shape index (κ1) is 9.33. The van der Waals surface area contributed by atoms with E-state index in [9.17, 15) is 4.79 Å². The molecular formula is C13H12N2O. The number of hydrogen-bond acceptors (Lipinski definition) is 2. The van der Waals surface area contributed by atoms with Crippen LogP contribution in [0.25, 0.3) is 11.3 Å². The third kappa shape index (κ3) is 1.54. The molecule has 1 fully saturated rings. The van der Waals surface area contributed by atoms with Gasteiger partial charge < -0.3 is 4.98 Å². The molecule has 2 aromatic rings. The van der Waals surface area contributed by atoms with Crippen LogP contribution in [-0.4, -0.2) is 9.97 Å². The second-order valence-electron chi connectivity index (χ2n) is 4.13. The molecule has 0 unspecified atom stereocenters. The molecule has 0 aliphatic heterocycles. The summed E-state index contributed by atoms with van der Waals surface area (Å²) in [4.78, 5) is 18.5. The zero-order valence-corrected chi connectivity index (χ0v) is 8.81. The fourth-order valence-corrected chi connectivity index (χ4v) is 2.01. The van der Waals surface area contributed by atoms with E-state index in [-0.39, 0.29) is 5.56 Å². The van der Waals surface area contributed by atoms with E-state index in [1.807, 2.05) is 18.2 Å². The van der Waals surface area contributed by atoms with Crippen LogP contribution in [0, 0.1) is 0 Å². The molecule has 1 aliphatic carbocycles. The Kier molecular flexibility index (Phi) is 2.10. The molecule has 0 amide bonds. The average molecular weight is 212 g/mol. The number of aromatic nitrogens is 2. The van der Waals surface area contributed by atoms with E-state index in [2.05, 4.69) is 16.0 Å². The van der Waals surface area contributed by atoms with Crippen LogP contribution in [0.5, 0.6) is 0 Å². The fourth-order valence-electron chi connectivity index (χ4n) is 2.01. The molecule has 3 nitrogen and oxygen atoms in total. The standard InChI is InChI=1S/C13H12N2O/c16-13-12(14-7-8-15-13)11-4-2-1-3-10(11)9-5-6-9/h1-4,7-9H,5-6H2,(H,15,16). The highest BCUT2D eigenvalue weighted by atomic mass is 16.1. The first-order valence-electron chi connectivity index (χ1n) is 5.49. The Morgan fingerprint density at radius 1 is 1.25 bits per heavy atom. The molecule has 0 spiro atoms. The molecule has 1 aliphatic rings. The van der Waals surface area contributed by atoms with E-state index >= 15 is 0 Å². The lowest BCUT2D eigenvalue weighted by Gasteiger charge is -2.06. The maximum absolute atomic E-state index is 11.7. The first-order chi connectivity index (χ1) is 7.86. The van der Waals surface area contributed by atoms with Crippen LogP contribution in [0.4, 0.5) is 0 Å². The number of hydrogen-bond donors (Lipinski definition) is 1. The van der Waals surface area contributed by atoms with Gasteiger partial charge in [0.1, 0.15) is 5.69 Å². The van der Waals surface area contributed by atoms with Crippen molar-refractivity contribution in [3.8, 4) is 11.3 Å². The number of rotatable bonds is 2. The van der Waals surface area contributed by atoms with Gasteiger partial charge in [-0.1, -0.05) is 24.3 Å². The van der Waals surface area contributed by atoms with E-state index in [4.69, 9.17) is 0 Å².